The van der Waals surface area contributed by atoms with E-state index in [4.69, 9.17) is 39.5 Å². The Labute approximate surface area is 212 Å². The molecule has 1 N–H and O–H groups in total. The number of hydrogen-bond donors (Lipinski definition) is 1. The van der Waals surface area contributed by atoms with Gasteiger partial charge in [-0.1, -0.05) is 58.7 Å². The van der Waals surface area contributed by atoms with Gasteiger partial charge in [0.25, 0.3) is 0 Å². The van der Waals surface area contributed by atoms with Crippen molar-refractivity contribution in [3.8, 4) is 5.75 Å². The van der Waals surface area contributed by atoms with E-state index in [1.165, 1.54) is 11.8 Å². The van der Waals surface area contributed by atoms with Gasteiger partial charge in [0, 0.05) is 18.0 Å². The molecule has 0 aliphatic rings. The fourth-order valence-electron chi connectivity index (χ4n) is 3.03. The summed E-state index contributed by atoms with van der Waals surface area (Å²) < 4.78 is 7.81. The molecule has 0 aliphatic heterocycles. The van der Waals surface area contributed by atoms with Gasteiger partial charge in [0.05, 0.1) is 28.1 Å². The molecule has 0 aliphatic carbocycles. The van der Waals surface area contributed by atoms with Gasteiger partial charge in [0.1, 0.15) is 11.6 Å². The van der Waals surface area contributed by atoms with Crippen LogP contribution >= 0.6 is 46.6 Å². The Kier molecular flexibility index (Phi) is 9.50. The Hall–Kier alpha value is -2.19. The third-order valence-electron chi connectivity index (χ3n) is 4.60. The molecule has 0 atom stereocenters. The molecule has 1 amide bonds. The molecular formula is C23H23Cl3N4O2S. The molecule has 0 radical (unpaired) electrons. The summed E-state index contributed by atoms with van der Waals surface area (Å²) in [4.78, 5) is 12.4. The molecule has 174 valence electrons. The maximum absolute atomic E-state index is 12.4. The Morgan fingerprint density at radius 1 is 1.24 bits per heavy atom. The lowest BCUT2D eigenvalue weighted by atomic mass is 10.2. The maximum atomic E-state index is 12.4. The van der Waals surface area contributed by atoms with Gasteiger partial charge in [0.15, 0.2) is 5.16 Å². The number of benzene rings is 2. The highest BCUT2D eigenvalue weighted by Crippen LogP contribution is 2.30. The van der Waals surface area contributed by atoms with Crippen LogP contribution in [0.5, 0.6) is 5.75 Å². The number of rotatable bonds is 11. The molecule has 0 fully saturated rings. The SMILES string of the molecule is C=CCn1c(CCCOc2ccc(Cl)cc2C)nnc1SCC(=O)Nc1cccc(Cl)c1Cl. The van der Waals surface area contributed by atoms with Gasteiger partial charge in [-0.2, -0.15) is 0 Å². The van der Waals surface area contributed by atoms with Crippen LogP contribution < -0.4 is 10.1 Å². The quantitative estimate of drug-likeness (QED) is 0.176. The summed E-state index contributed by atoms with van der Waals surface area (Å²) in [6, 6.07) is 10.6. The molecule has 1 aromatic heterocycles. The van der Waals surface area contributed by atoms with E-state index in [1.807, 2.05) is 29.7 Å². The van der Waals surface area contributed by atoms with Crippen molar-refractivity contribution in [3.05, 3.63) is 75.5 Å². The van der Waals surface area contributed by atoms with Crippen molar-refractivity contribution in [2.75, 3.05) is 17.7 Å². The van der Waals surface area contributed by atoms with Gasteiger partial charge >= 0.3 is 0 Å². The number of allylic oxidation sites excluding steroid dienone is 1. The Morgan fingerprint density at radius 2 is 2.06 bits per heavy atom. The lowest BCUT2D eigenvalue weighted by molar-refractivity contribution is -0.113. The first-order valence-electron chi connectivity index (χ1n) is 10.2. The highest BCUT2D eigenvalue weighted by Gasteiger charge is 2.15. The molecule has 0 saturated carbocycles. The monoisotopic (exact) mass is 524 g/mol. The van der Waals surface area contributed by atoms with E-state index in [2.05, 4.69) is 22.1 Å². The summed E-state index contributed by atoms with van der Waals surface area (Å²) in [6.45, 7) is 6.85. The lowest BCUT2D eigenvalue weighted by Gasteiger charge is -2.10. The first-order valence-corrected chi connectivity index (χ1v) is 12.3. The molecule has 2 aromatic carbocycles. The maximum Gasteiger partial charge on any atom is 0.234 e. The first-order chi connectivity index (χ1) is 15.9. The number of ether oxygens (including phenoxy) is 1. The first kappa shape index (κ1) is 25.4. The van der Waals surface area contributed by atoms with Crippen LogP contribution in [-0.4, -0.2) is 33.0 Å². The van der Waals surface area contributed by atoms with Gasteiger partial charge in [-0.05, 0) is 49.2 Å². The molecule has 0 bridgehead atoms. The van der Waals surface area contributed by atoms with E-state index < -0.39 is 0 Å². The van der Waals surface area contributed by atoms with E-state index in [1.54, 1.807) is 24.3 Å². The number of amides is 1. The number of nitrogens with zero attached hydrogens (tertiary/aromatic N) is 3. The van der Waals surface area contributed by atoms with E-state index in [0.717, 1.165) is 23.6 Å². The van der Waals surface area contributed by atoms with E-state index in [0.29, 0.717) is 45.5 Å². The van der Waals surface area contributed by atoms with Crippen molar-refractivity contribution in [3.63, 3.8) is 0 Å². The lowest BCUT2D eigenvalue weighted by Crippen LogP contribution is -2.15. The van der Waals surface area contributed by atoms with Crippen LogP contribution in [0.1, 0.15) is 17.8 Å². The van der Waals surface area contributed by atoms with Crippen LogP contribution in [0.2, 0.25) is 15.1 Å². The van der Waals surface area contributed by atoms with E-state index >= 15 is 0 Å². The van der Waals surface area contributed by atoms with Crippen LogP contribution in [0, 0.1) is 6.92 Å². The zero-order chi connectivity index (χ0) is 23.8. The molecule has 33 heavy (non-hydrogen) atoms. The topological polar surface area (TPSA) is 69.0 Å². The summed E-state index contributed by atoms with van der Waals surface area (Å²) in [5, 5.41) is 13.3. The third-order valence-corrected chi connectivity index (χ3v) is 6.62. The van der Waals surface area contributed by atoms with Gasteiger partial charge in [-0.25, -0.2) is 0 Å². The smallest absolute Gasteiger partial charge is 0.234 e. The zero-order valence-corrected chi connectivity index (χ0v) is 21.1. The zero-order valence-electron chi connectivity index (χ0n) is 18.0. The average molecular weight is 526 g/mol. The number of hydrogen-bond acceptors (Lipinski definition) is 5. The van der Waals surface area contributed by atoms with Crippen LogP contribution in [0.25, 0.3) is 0 Å². The van der Waals surface area contributed by atoms with Crippen molar-refractivity contribution in [1.29, 1.82) is 0 Å². The molecule has 0 spiro atoms. The van der Waals surface area contributed by atoms with Crippen molar-refractivity contribution in [1.82, 2.24) is 14.8 Å². The second-order valence-corrected chi connectivity index (χ2v) is 9.26. The average Bonchev–Trinajstić information content (AvgIpc) is 3.16. The summed E-state index contributed by atoms with van der Waals surface area (Å²) in [6.07, 6.45) is 3.21. The normalized spacial score (nSPS) is 10.8. The second kappa shape index (κ2) is 12.3. The molecule has 0 unspecified atom stereocenters. The minimum atomic E-state index is -0.217. The van der Waals surface area contributed by atoms with Gasteiger partial charge in [-0.3, -0.25) is 4.79 Å². The van der Waals surface area contributed by atoms with Crippen LogP contribution in [-0.2, 0) is 17.8 Å². The number of thioether (sulfide) groups is 1. The van der Waals surface area contributed by atoms with Gasteiger partial charge < -0.3 is 14.6 Å². The van der Waals surface area contributed by atoms with Crippen molar-refractivity contribution < 1.29 is 9.53 Å². The highest BCUT2D eigenvalue weighted by atomic mass is 35.5. The van der Waals surface area contributed by atoms with Crippen molar-refractivity contribution >= 4 is 58.2 Å². The third kappa shape index (κ3) is 7.14. The molecule has 3 rings (SSSR count). The Bertz CT molecular complexity index is 1140. The minimum absolute atomic E-state index is 0.150. The number of aryl methyl sites for hydroxylation is 2. The molecule has 0 saturated heterocycles. The van der Waals surface area contributed by atoms with Crippen LogP contribution in [0.15, 0.2) is 54.2 Å². The summed E-state index contributed by atoms with van der Waals surface area (Å²) in [5.74, 6) is 1.56. The predicted octanol–water partition coefficient (Wildman–Crippen LogP) is 6.48. The number of carbonyl (C=O) groups excluding carboxylic acids is 1. The highest BCUT2D eigenvalue weighted by molar-refractivity contribution is 7.99. The van der Waals surface area contributed by atoms with Crippen LogP contribution in [0.4, 0.5) is 5.69 Å². The van der Waals surface area contributed by atoms with Gasteiger partial charge in [0.2, 0.25) is 5.91 Å². The number of aromatic nitrogens is 3. The number of nitrogens with one attached hydrogen (secondary N) is 1. The summed E-state index contributed by atoms with van der Waals surface area (Å²) in [7, 11) is 0. The predicted molar refractivity (Wildman–Crippen MR) is 136 cm³/mol. The summed E-state index contributed by atoms with van der Waals surface area (Å²) in [5.41, 5.74) is 1.47. The Balaban J connectivity index is 1.54. The number of halogens is 3. The molecule has 3 aromatic rings. The second-order valence-electron chi connectivity index (χ2n) is 7.10. The fraction of sp³-hybridized carbons (Fsp3) is 0.261. The summed E-state index contributed by atoms with van der Waals surface area (Å²) >= 11 is 19.4. The van der Waals surface area contributed by atoms with Crippen molar-refractivity contribution in [2.45, 2.75) is 31.5 Å². The number of anilines is 1. The van der Waals surface area contributed by atoms with Gasteiger partial charge in [-0.15, -0.1) is 16.8 Å². The standard InChI is InChI=1S/C23H23Cl3N4O2S/c1-3-11-30-20(8-5-12-32-19-10-9-16(24)13-15(19)2)28-29-23(30)33-14-21(31)27-18-7-4-6-17(25)22(18)26/h3-4,6-7,9-10,13H,1,5,8,11-12,14H2,2H3,(H,27,31). The largest absolute Gasteiger partial charge is 0.493 e. The van der Waals surface area contributed by atoms with Crippen LogP contribution in [0.3, 0.4) is 0 Å². The Morgan fingerprint density at radius 3 is 2.82 bits per heavy atom. The fourth-order valence-corrected chi connectivity index (χ4v) is 4.37. The van der Waals surface area contributed by atoms with E-state index in [9.17, 15) is 4.79 Å². The minimum Gasteiger partial charge on any atom is -0.493 e. The molecular weight excluding hydrogens is 503 g/mol. The number of carbonyl (C=O) groups is 1. The molecule has 6 nitrogen and oxygen atoms in total. The van der Waals surface area contributed by atoms with E-state index in [-0.39, 0.29) is 11.7 Å². The van der Waals surface area contributed by atoms with Crippen molar-refractivity contribution in [2.24, 2.45) is 0 Å². The molecule has 10 heteroatoms. The molecule has 1 heterocycles.